The summed E-state index contributed by atoms with van der Waals surface area (Å²) in [6.07, 6.45) is 1.78. The number of ether oxygens (including phenoxy) is 1. The molecule has 2 heterocycles. The number of rotatable bonds is 8. The number of benzene rings is 1. The van der Waals surface area contributed by atoms with E-state index in [0.717, 1.165) is 6.42 Å². The number of anilines is 1. The van der Waals surface area contributed by atoms with E-state index >= 15 is 0 Å². The number of nitrogens with one attached hydrogen (secondary N) is 1. The molecule has 0 unspecified atom stereocenters. The first kappa shape index (κ1) is 21.3. The molecule has 2 aliphatic heterocycles. The van der Waals surface area contributed by atoms with Crippen LogP contribution in [0.2, 0.25) is 0 Å². The van der Waals surface area contributed by atoms with Crippen LogP contribution in [0.5, 0.6) is 0 Å². The lowest BCUT2D eigenvalue weighted by Gasteiger charge is -2.48. The smallest absolute Gasteiger partial charge is 0.354 e. The van der Waals surface area contributed by atoms with Gasteiger partial charge in [-0.15, -0.1) is 0 Å². The van der Waals surface area contributed by atoms with E-state index in [1.807, 2.05) is 13.0 Å². The van der Waals surface area contributed by atoms with Crippen molar-refractivity contribution < 1.29 is 23.9 Å². The Labute approximate surface area is 174 Å². The number of hydrogen-bond acceptors (Lipinski definition) is 6. The van der Waals surface area contributed by atoms with Gasteiger partial charge in [-0.05, 0) is 18.6 Å². The minimum absolute atomic E-state index is 0.0910. The summed E-state index contributed by atoms with van der Waals surface area (Å²) >= 11 is 0. The maximum Gasteiger partial charge on any atom is 0.354 e. The molecule has 1 aromatic rings. The molecule has 0 bridgehead atoms. The number of carbonyl (C=O) groups is 4. The summed E-state index contributed by atoms with van der Waals surface area (Å²) in [4.78, 5) is 54.0. The van der Waals surface area contributed by atoms with Crippen molar-refractivity contribution >= 4 is 29.4 Å². The number of unbranched alkanes of at least 4 members (excludes halogenated alkanes) is 1. The van der Waals surface area contributed by atoms with Crippen LogP contribution in [-0.2, 0) is 19.1 Å². The summed E-state index contributed by atoms with van der Waals surface area (Å²) in [5.41, 5.74) is -0.848. The Balaban J connectivity index is 1.92. The van der Waals surface area contributed by atoms with Gasteiger partial charge in [0.05, 0.1) is 23.7 Å². The zero-order valence-electron chi connectivity index (χ0n) is 16.8. The van der Waals surface area contributed by atoms with E-state index in [-0.39, 0.29) is 44.2 Å². The standard InChI is InChI=1S/C21H24N4O5/c1-2-3-13-24-19(28)15-7-4-5-8-16(15)25-18(27)9-10-21(24,25)20(29)30-14-17(26)23-12-6-11-22/h4-5,7-8H,2-3,6,9-10,12-14H2,1H3,(H,23,26)/t21-/m1/s1. The molecule has 3 rings (SSSR count). The zero-order valence-corrected chi connectivity index (χ0v) is 16.8. The molecule has 3 amide bonds. The molecule has 0 saturated carbocycles. The maximum absolute atomic E-state index is 13.3. The predicted molar refractivity (Wildman–Crippen MR) is 106 cm³/mol. The first-order valence-corrected chi connectivity index (χ1v) is 10.0. The third kappa shape index (κ3) is 3.61. The van der Waals surface area contributed by atoms with E-state index in [9.17, 15) is 19.2 Å². The topological polar surface area (TPSA) is 120 Å². The van der Waals surface area contributed by atoms with Crippen molar-refractivity contribution in [2.75, 3.05) is 24.6 Å². The minimum atomic E-state index is -1.59. The van der Waals surface area contributed by atoms with Gasteiger partial charge in [0.2, 0.25) is 11.6 Å². The van der Waals surface area contributed by atoms with E-state index in [2.05, 4.69) is 5.32 Å². The lowest BCUT2D eigenvalue weighted by Crippen LogP contribution is -2.68. The monoisotopic (exact) mass is 412 g/mol. The van der Waals surface area contributed by atoms with Crippen LogP contribution in [0, 0.1) is 11.3 Å². The summed E-state index contributed by atoms with van der Waals surface area (Å²) in [7, 11) is 0. The third-order valence-corrected chi connectivity index (χ3v) is 5.33. The number of para-hydroxylation sites is 1. The molecule has 2 aliphatic rings. The molecule has 158 valence electrons. The third-order valence-electron chi connectivity index (χ3n) is 5.33. The Kier molecular flexibility index (Phi) is 6.35. The summed E-state index contributed by atoms with van der Waals surface area (Å²) < 4.78 is 5.28. The molecule has 0 spiro atoms. The molecule has 1 fully saturated rings. The van der Waals surface area contributed by atoms with Gasteiger partial charge >= 0.3 is 5.97 Å². The van der Waals surface area contributed by atoms with Gasteiger partial charge in [-0.3, -0.25) is 19.3 Å². The fraction of sp³-hybridized carbons (Fsp3) is 0.476. The minimum Gasteiger partial charge on any atom is -0.452 e. The highest BCUT2D eigenvalue weighted by molar-refractivity contribution is 6.15. The SMILES string of the molecule is CCCCN1C(=O)c2ccccc2N2C(=O)CC[C@@]12C(=O)OCC(=O)NCCC#N. The van der Waals surface area contributed by atoms with Crippen molar-refractivity contribution in [2.45, 2.75) is 44.7 Å². The Hall–Kier alpha value is -3.41. The quantitative estimate of drug-likeness (QED) is 0.508. The number of amides is 3. The van der Waals surface area contributed by atoms with Gasteiger partial charge < -0.3 is 15.0 Å². The van der Waals surface area contributed by atoms with Gasteiger partial charge in [0.25, 0.3) is 11.8 Å². The average Bonchev–Trinajstić information content (AvgIpc) is 3.10. The van der Waals surface area contributed by atoms with Gasteiger partial charge in [-0.1, -0.05) is 25.5 Å². The van der Waals surface area contributed by atoms with Gasteiger partial charge in [-0.2, -0.15) is 5.26 Å². The zero-order chi connectivity index (χ0) is 21.7. The van der Waals surface area contributed by atoms with Crippen molar-refractivity contribution in [3.63, 3.8) is 0 Å². The van der Waals surface area contributed by atoms with Crippen LogP contribution >= 0.6 is 0 Å². The second-order valence-electron chi connectivity index (χ2n) is 7.21. The summed E-state index contributed by atoms with van der Waals surface area (Å²) in [5.74, 6) is -1.96. The molecule has 1 N–H and O–H groups in total. The van der Waals surface area contributed by atoms with E-state index in [1.165, 1.54) is 9.80 Å². The summed E-state index contributed by atoms with van der Waals surface area (Å²) in [6.45, 7) is 1.86. The first-order chi connectivity index (χ1) is 14.5. The normalized spacial score (nSPS) is 19.7. The van der Waals surface area contributed by atoms with Crippen LogP contribution in [0.4, 0.5) is 5.69 Å². The average molecular weight is 412 g/mol. The van der Waals surface area contributed by atoms with Crippen molar-refractivity contribution in [2.24, 2.45) is 0 Å². The van der Waals surface area contributed by atoms with Crippen LogP contribution in [-0.4, -0.2) is 54.0 Å². The number of nitrogens with zero attached hydrogens (tertiary/aromatic N) is 3. The molecule has 9 heteroatoms. The highest BCUT2D eigenvalue weighted by atomic mass is 16.5. The lowest BCUT2D eigenvalue weighted by atomic mass is 9.96. The van der Waals surface area contributed by atoms with Crippen molar-refractivity contribution in [3.8, 4) is 6.07 Å². The van der Waals surface area contributed by atoms with E-state index < -0.39 is 24.1 Å². The number of carbonyl (C=O) groups excluding carboxylic acids is 4. The van der Waals surface area contributed by atoms with Gasteiger partial charge in [-0.25, -0.2) is 4.79 Å². The van der Waals surface area contributed by atoms with Gasteiger partial charge in [0.15, 0.2) is 6.61 Å². The Morgan fingerprint density at radius 3 is 2.80 bits per heavy atom. The van der Waals surface area contributed by atoms with Gasteiger partial charge in [0.1, 0.15) is 0 Å². The highest BCUT2D eigenvalue weighted by Gasteiger charge is 2.61. The second kappa shape index (κ2) is 8.95. The molecule has 30 heavy (non-hydrogen) atoms. The van der Waals surface area contributed by atoms with E-state index in [4.69, 9.17) is 10.00 Å². The number of esters is 1. The van der Waals surface area contributed by atoms with Crippen LogP contribution in [0.25, 0.3) is 0 Å². The number of hydrogen-bond donors (Lipinski definition) is 1. The lowest BCUT2D eigenvalue weighted by molar-refractivity contribution is -0.160. The summed E-state index contributed by atoms with van der Waals surface area (Å²) in [5, 5.41) is 11.0. The molecular formula is C21H24N4O5. The van der Waals surface area contributed by atoms with Crippen molar-refractivity contribution in [1.82, 2.24) is 10.2 Å². The van der Waals surface area contributed by atoms with Crippen LogP contribution in [0.1, 0.15) is 49.4 Å². The van der Waals surface area contributed by atoms with Crippen LogP contribution < -0.4 is 10.2 Å². The van der Waals surface area contributed by atoms with Crippen molar-refractivity contribution in [3.05, 3.63) is 29.8 Å². The maximum atomic E-state index is 13.3. The number of fused-ring (bicyclic) bond motifs is 3. The predicted octanol–water partition coefficient (Wildman–Crippen LogP) is 1.34. The molecule has 1 atom stereocenters. The summed E-state index contributed by atoms with van der Waals surface area (Å²) in [6, 6.07) is 8.61. The second-order valence-corrected chi connectivity index (χ2v) is 7.21. The molecule has 1 saturated heterocycles. The van der Waals surface area contributed by atoms with E-state index in [1.54, 1.807) is 24.3 Å². The Morgan fingerprint density at radius 1 is 1.30 bits per heavy atom. The molecule has 1 aromatic carbocycles. The van der Waals surface area contributed by atoms with E-state index in [0.29, 0.717) is 17.7 Å². The molecule has 9 nitrogen and oxygen atoms in total. The fourth-order valence-electron chi connectivity index (χ4n) is 3.93. The highest BCUT2D eigenvalue weighted by Crippen LogP contribution is 2.45. The largest absolute Gasteiger partial charge is 0.452 e. The molecule has 0 aromatic heterocycles. The molecular weight excluding hydrogens is 388 g/mol. The van der Waals surface area contributed by atoms with Crippen LogP contribution in [0.3, 0.4) is 0 Å². The van der Waals surface area contributed by atoms with Crippen molar-refractivity contribution in [1.29, 1.82) is 5.26 Å². The number of nitriles is 1. The first-order valence-electron chi connectivity index (χ1n) is 10.0. The Morgan fingerprint density at radius 2 is 2.07 bits per heavy atom. The molecule has 0 aliphatic carbocycles. The van der Waals surface area contributed by atoms with Gasteiger partial charge in [0, 0.05) is 25.9 Å². The Bertz CT molecular complexity index is 909. The molecule has 0 radical (unpaired) electrons. The fourth-order valence-corrected chi connectivity index (χ4v) is 3.93. The van der Waals surface area contributed by atoms with Crippen LogP contribution in [0.15, 0.2) is 24.3 Å².